The van der Waals surface area contributed by atoms with E-state index in [0.29, 0.717) is 23.2 Å². The average Bonchev–Trinajstić information content (AvgIpc) is 3.44. The van der Waals surface area contributed by atoms with Gasteiger partial charge in [-0.05, 0) is 72.1 Å². The van der Waals surface area contributed by atoms with Crippen molar-refractivity contribution in [1.82, 2.24) is 14.9 Å². The number of thiophene rings is 1. The van der Waals surface area contributed by atoms with Gasteiger partial charge in [0.05, 0.1) is 22.7 Å². The Balaban J connectivity index is 1.41. The third-order valence-electron chi connectivity index (χ3n) is 7.93. The molecule has 0 saturated carbocycles. The van der Waals surface area contributed by atoms with E-state index in [1.54, 1.807) is 43.9 Å². The summed E-state index contributed by atoms with van der Waals surface area (Å²) in [7, 11) is 0. The number of amides is 2. The van der Waals surface area contributed by atoms with Crippen LogP contribution >= 0.6 is 22.9 Å². The van der Waals surface area contributed by atoms with Crippen molar-refractivity contribution in [3.8, 4) is 17.2 Å². The lowest BCUT2D eigenvalue weighted by Gasteiger charge is -2.42. The molecule has 2 aliphatic rings. The summed E-state index contributed by atoms with van der Waals surface area (Å²) in [5.74, 6) is -0.703. The molecule has 2 bridgehead atoms. The molecule has 47 heavy (non-hydrogen) atoms. The van der Waals surface area contributed by atoms with Crippen LogP contribution in [0.2, 0.25) is 5.02 Å². The number of hydrogen-bond donors (Lipinski definition) is 1. The topological polar surface area (TPSA) is 121 Å². The SMILES string of the molecule is CC(C)(C)OC(=O)Nc1sc2cccc(-c3c(Cl)cc4c(N5C[C@H]6CC[C@@H](C5)N6C(=O)OC(C)(C)C)nc(F)nc4c3F)c2c1C#N. The molecule has 4 aromatic rings. The van der Waals surface area contributed by atoms with Crippen LogP contribution in [0.4, 0.5) is 29.2 Å². The number of carbonyl (C=O) groups is 2. The molecule has 2 aromatic carbocycles. The normalized spacial score (nSPS) is 18.0. The van der Waals surface area contributed by atoms with E-state index in [4.69, 9.17) is 21.1 Å². The number of anilines is 2. The van der Waals surface area contributed by atoms with Gasteiger partial charge in [-0.25, -0.2) is 14.0 Å². The average molecular weight is 683 g/mol. The first kappa shape index (κ1) is 32.7. The molecule has 2 amide bonds. The highest BCUT2D eigenvalue weighted by molar-refractivity contribution is 7.23. The second kappa shape index (κ2) is 11.8. The van der Waals surface area contributed by atoms with Gasteiger partial charge in [-0.1, -0.05) is 23.7 Å². The highest BCUT2D eigenvalue weighted by Crippen LogP contribution is 2.46. The number of halogens is 3. The number of nitrogens with one attached hydrogen (secondary N) is 1. The van der Waals surface area contributed by atoms with Crippen LogP contribution in [0, 0.1) is 23.2 Å². The van der Waals surface area contributed by atoms with E-state index in [0.717, 1.165) is 24.2 Å². The minimum absolute atomic E-state index is 0.00561. The lowest BCUT2D eigenvalue weighted by molar-refractivity contribution is 0.0122. The second-order valence-corrected chi connectivity index (χ2v) is 15.1. The fraction of sp³-hybridized carbons (Fsp3) is 0.424. The van der Waals surface area contributed by atoms with Gasteiger partial charge >= 0.3 is 18.3 Å². The molecule has 14 heteroatoms. The summed E-state index contributed by atoms with van der Waals surface area (Å²) >= 11 is 7.94. The number of rotatable bonds is 3. The minimum atomic E-state index is -1.11. The molecule has 0 unspecified atom stereocenters. The Bertz CT molecular complexity index is 1970. The Morgan fingerprint density at radius 3 is 2.34 bits per heavy atom. The van der Waals surface area contributed by atoms with Crippen molar-refractivity contribution in [2.24, 2.45) is 0 Å². The molecular weight excluding hydrogens is 650 g/mol. The van der Waals surface area contributed by atoms with E-state index >= 15 is 8.78 Å². The summed E-state index contributed by atoms with van der Waals surface area (Å²) in [5.41, 5.74) is -1.37. The minimum Gasteiger partial charge on any atom is -0.444 e. The van der Waals surface area contributed by atoms with Gasteiger partial charge in [0.2, 0.25) is 0 Å². The fourth-order valence-electron chi connectivity index (χ4n) is 6.28. The van der Waals surface area contributed by atoms with Crippen molar-refractivity contribution in [3.05, 3.63) is 46.7 Å². The van der Waals surface area contributed by atoms with Crippen molar-refractivity contribution < 1.29 is 27.8 Å². The van der Waals surface area contributed by atoms with E-state index in [1.165, 1.54) is 6.07 Å². The molecular formula is C33H33ClF2N6O4S. The van der Waals surface area contributed by atoms with Gasteiger partial charge in [0.25, 0.3) is 0 Å². The van der Waals surface area contributed by atoms with Crippen molar-refractivity contribution in [2.75, 3.05) is 23.3 Å². The van der Waals surface area contributed by atoms with Crippen molar-refractivity contribution >= 4 is 66.9 Å². The number of hydrogen-bond acceptors (Lipinski definition) is 9. The number of fused-ring (bicyclic) bond motifs is 4. The molecule has 0 aliphatic carbocycles. The molecule has 4 heterocycles. The van der Waals surface area contributed by atoms with Gasteiger partial charge in [0, 0.05) is 34.1 Å². The monoisotopic (exact) mass is 682 g/mol. The van der Waals surface area contributed by atoms with Crippen LogP contribution in [0.5, 0.6) is 0 Å². The maximum Gasteiger partial charge on any atom is 0.412 e. The molecule has 0 radical (unpaired) electrons. The molecule has 6 rings (SSSR count). The summed E-state index contributed by atoms with van der Waals surface area (Å²) < 4.78 is 43.2. The third kappa shape index (κ3) is 6.24. The Labute approximate surface area is 279 Å². The summed E-state index contributed by atoms with van der Waals surface area (Å²) in [4.78, 5) is 37.0. The van der Waals surface area contributed by atoms with Crippen LogP contribution < -0.4 is 10.2 Å². The zero-order chi connectivity index (χ0) is 34.0. The van der Waals surface area contributed by atoms with Crippen molar-refractivity contribution in [1.29, 1.82) is 5.26 Å². The largest absolute Gasteiger partial charge is 0.444 e. The van der Waals surface area contributed by atoms with E-state index < -0.39 is 35.3 Å². The molecule has 246 valence electrons. The van der Waals surface area contributed by atoms with E-state index in [2.05, 4.69) is 21.4 Å². The molecule has 2 atom stereocenters. The molecule has 10 nitrogen and oxygen atoms in total. The Hall–Kier alpha value is -4.28. The maximum atomic E-state index is 16.6. The third-order valence-corrected chi connectivity index (χ3v) is 9.30. The molecule has 2 aromatic heterocycles. The molecule has 0 spiro atoms. The molecule has 2 aliphatic heterocycles. The van der Waals surface area contributed by atoms with E-state index in [1.807, 2.05) is 25.7 Å². The van der Waals surface area contributed by atoms with Gasteiger partial charge in [-0.2, -0.15) is 19.6 Å². The predicted octanol–water partition coefficient (Wildman–Crippen LogP) is 8.25. The lowest BCUT2D eigenvalue weighted by atomic mass is 9.97. The number of carbonyl (C=O) groups excluding carboxylic acids is 2. The van der Waals surface area contributed by atoms with Gasteiger partial charge < -0.3 is 14.4 Å². The first-order valence-electron chi connectivity index (χ1n) is 15.1. The van der Waals surface area contributed by atoms with Crippen molar-refractivity contribution in [3.63, 3.8) is 0 Å². The Morgan fingerprint density at radius 1 is 1.06 bits per heavy atom. The van der Waals surface area contributed by atoms with Crippen LogP contribution in [-0.4, -0.2) is 63.4 Å². The number of benzene rings is 2. The smallest absolute Gasteiger partial charge is 0.412 e. The fourth-order valence-corrected chi connectivity index (χ4v) is 7.64. The number of nitriles is 1. The molecule has 2 fully saturated rings. The van der Waals surface area contributed by atoms with E-state index in [-0.39, 0.29) is 55.5 Å². The van der Waals surface area contributed by atoms with Crippen LogP contribution in [0.25, 0.3) is 32.1 Å². The van der Waals surface area contributed by atoms with Crippen LogP contribution in [-0.2, 0) is 9.47 Å². The quantitative estimate of drug-likeness (QED) is 0.215. The zero-order valence-corrected chi connectivity index (χ0v) is 28.3. The predicted molar refractivity (Wildman–Crippen MR) is 177 cm³/mol. The highest BCUT2D eigenvalue weighted by atomic mass is 35.5. The van der Waals surface area contributed by atoms with Gasteiger partial charge in [-0.15, -0.1) is 11.3 Å². The number of aromatic nitrogens is 2. The first-order valence-corrected chi connectivity index (χ1v) is 16.3. The summed E-state index contributed by atoms with van der Waals surface area (Å²) in [6, 6.07) is 8.26. The van der Waals surface area contributed by atoms with Gasteiger partial charge in [0.1, 0.15) is 33.6 Å². The summed E-state index contributed by atoms with van der Waals surface area (Å²) in [5, 5.41) is 13.6. The van der Waals surface area contributed by atoms with Gasteiger partial charge in [0.15, 0.2) is 5.82 Å². The number of ether oxygens (including phenoxy) is 2. The number of nitrogens with zero attached hydrogens (tertiary/aromatic N) is 5. The maximum absolute atomic E-state index is 16.6. The Morgan fingerprint density at radius 2 is 1.72 bits per heavy atom. The first-order chi connectivity index (χ1) is 22.0. The van der Waals surface area contributed by atoms with Crippen LogP contribution in [0.1, 0.15) is 59.9 Å². The number of piperazine rings is 1. The summed E-state index contributed by atoms with van der Waals surface area (Å²) in [6.07, 6.45) is -0.774. The molecule has 1 N–H and O–H groups in total. The lowest BCUT2D eigenvalue weighted by Crippen LogP contribution is -2.57. The van der Waals surface area contributed by atoms with Crippen LogP contribution in [0.15, 0.2) is 24.3 Å². The zero-order valence-electron chi connectivity index (χ0n) is 26.7. The summed E-state index contributed by atoms with van der Waals surface area (Å²) in [6.45, 7) is 11.3. The highest BCUT2D eigenvalue weighted by Gasteiger charge is 2.45. The van der Waals surface area contributed by atoms with E-state index in [9.17, 15) is 14.9 Å². The molecule has 2 saturated heterocycles. The van der Waals surface area contributed by atoms with Gasteiger partial charge in [-0.3, -0.25) is 10.2 Å². The second-order valence-electron chi connectivity index (χ2n) is 13.7. The van der Waals surface area contributed by atoms with Crippen molar-refractivity contribution in [2.45, 2.75) is 77.7 Å². The Kier molecular flexibility index (Phi) is 8.17. The van der Waals surface area contributed by atoms with Crippen LogP contribution in [0.3, 0.4) is 0 Å². The standard InChI is InChI=1S/C33H33ClF2N6O4S/c1-32(2,3)45-30(43)40-28-20(13-37)23-18(8-7-9-22(23)47-28)24-21(34)12-19-26(25(24)35)38-29(36)39-27(19)41-14-16-10-11-17(15-41)42(16)31(44)46-33(4,5)6/h7-9,12,16-17H,10-11,14-15H2,1-6H3,(H,40,43)/t16-,17+.